The number of carbonyl (C=O) groups excluding carboxylic acids is 3. The standard InChI is InChI=1S/C30H44ClN5O5/c1-6-7-14-23(29(39)40)33-27(37)24(16-21-20-13-8-9-15-22(20)32-26(21)31)34-28(38)25(17(2)3)35-30(41)36-18(4)11-10-12-19(36)5/h8-9,13,15,17-19,23-25,32H,6-7,10-12,14,16H2,1-5H3,(H,33,37)(H,34,38)(H,35,41)(H,39,40)/t18-,19+,23-,24-,25+/m1/s1. The van der Waals surface area contributed by atoms with Crippen LogP contribution in [0.1, 0.15) is 78.7 Å². The number of halogens is 1. The van der Waals surface area contributed by atoms with Gasteiger partial charge in [-0.25, -0.2) is 9.59 Å². The number of carboxylic acid groups (broad SMARTS) is 1. The normalized spacial score (nSPS) is 19.4. The summed E-state index contributed by atoms with van der Waals surface area (Å²) in [6.45, 7) is 9.59. The zero-order valence-corrected chi connectivity index (χ0v) is 25.4. The molecule has 1 fully saturated rings. The summed E-state index contributed by atoms with van der Waals surface area (Å²) in [4.78, 5) is 57.2. The Labute approximate surface area is 246 Å². The summed E-state index contributed by atoms with van der Waals surface area (Å²) >= 11 is 6.52. The molecule has 41 heavy (non-hydrogen) atoms. The van der Waals surface area contributed by atoms with Crippen molar-refractivity contribution in [1.29, 1.82) is 0 Å². The molecule has 0 radical (unpaired) electrons. The number of amides is 4. The van der Waals surface area contributed by atoms with E-state index < -0.39 is 35.9 Å². The van der Waals surface area contributed by atoms with E-state index >= 15 is 0 Å². The van der Waals surface area contributed by atoms with Crippen LogP contribution in [0.2, 0.25) is 5.15 Å². The van der Waals surface area contributed by atoms with Crippen molar-refractivity contribution >= 4 is 46.3 Å². The molecule has 1 aromatic carbocycles. The van der Waals surface area contributed by atoms with Crippen LogP contribution in [0.3, 0.4) is 0 Å². The van der Waals surface area contributed by atoms with Crippen LogP contribution in [0.25, 0.3) is 10.9 Å². The summed E-state index contributed by atoms with van der Waals surface area (Å²) in [5.74, 6) is -2.57. The maximum Gasteiger partial charge on any atom is 0.326 e. The monoisotopic (exact) mass is 589 g/mol. The van der Waals surface area contributed by atoms with Crippen LogP contribution < -0.4 is 16.0 Å². The van der Waals surface area contributed by atoms with Gasteiger partial charge in [0.1, 0.15) is 23.3 Å². The van der Waals surface area contributed by atoms with E-state index in [9.17, 15) is 24.3 Å². The molecule has 1 aromatic heterocycles. The maximum absolute atomic E-state index is 13.7. The quantitative estimate of drug-likeness (QED) is 0.246. The summed E-state index contributed by atoms with van der Waals surface area (Å²) in [6.07, 6.45) is 4.52. The van der Waals surface area contributed by atoms with Gasteiger partial charge in [-0.3, -0.25) is 9.59 Å². The zero-order valence-electron chi connectivity index (χ0n) is 24.6. The van der Waals surface area contributed by atoms with Crippen LogP contribution in [0.15, 0.2) is 24.3 Å². The van der Waals surface area contributed by atoms with E-state index in [2.05, 4.69) is 20.9 Å². The van der Waals surface area contributed by atoms with E-state index in [-0.39, 0.29) is 36.9 Å². The number of nitrogens with zero attached hydrogens (tertiary/aromatic N) is 1. The van der Waals surface area contributed by atoms with Gasteiger partial charge in [0.05, 0.1) is 0 Å². The largest absolute Gasteiger partial charge is 0.480 e. The number of carbonyl (C=O) groups is 4. The van der Waals surface area contributed by atoms with Crippen molar-refractivity contribution in [3.05, 3.63) is 35.0 Å². The number of aromatic nitrogens is 1. The third kappa shape index (κ3) is 8.15. The first-order valence-corrected chi connectivity index (χ1v) is 15.0. The summed E-state index contributed by atoms with van der Waals surface area (Å²) in [5, 5.41) is 19.1. The highest BCUT2D eigenvalue weighted by Crippen LogP contribution is 2.27. The third-order valence-electron chi connectivity index (χ3n) is 7.92. The molecule has 0 unspecified atom stereocenters. The van der Waals surface area contributed by atoms with Gasteiger partial charge in [0.2, 0.25) is 11.8 Å². The first-order valence-electron chi connectivity index (χ1n) is 14.6. The Bertz CT molecular complexity index is 1220. The Kier molecular flexibility index (Phi) is 11.5. The van der Waals surface area contributed by atoms with Crippen LogP contribution >= 0.6 is 11.6 Å². The van der Waals surface area contributed by atoms with Crippen LogP contribution in [-0.2, 0) is 20.8 Å². The topological polar surface area (TPSA) is 144 Å². The Hall–Kier alpha value is -3.27. The van der Waals surface area contributed by atoms with E-state index in [1.54, 1.807) is 4.90 Å². The number of unbranched alkanes of at least 4 members (excludes halogenated alkanes) is 1. The molecule has 3 rings (SSSR count). The molecule has 4 amide bonds. The summed E-state index contributed by atoms with van der Waals surface area (Å²) in [7, 11) is 0. The molecule has 1 saturated heterocycles. The van der Waals surface area contributed by atoms with Gasteiger partial charge in [-0.05, 0) is 57.1 Å². The lowest BCUT2D eigenvalue weighted by Gasteiger charge is -2.40. The van der Waals surface area contributed by atoms with Crippen LogP contribution in [0.5, 0.6) is 0 Å². The molecule has 226 valence electrons. The fraction of sp³-hybridized carbons (Fsp3) is 0.600. The number of nitrogens with one attached hydrogen (secondary N) is 4. The van der Waals surface area contributed by atoms with E-state index in [1.807, 2.05) is 58.9 Å². The summed E-state index contributed by atoms with van der Waals surface area (Å²) < 4.78 is 0. The molecular formula is C30H44ClN5O5. The minimum absolute atomic E-state index is 0.0273. The van der Waals surface area contributed by atoms with Gasteiger partial charge >= 0.3 is 12.0 Å². The predicted molar refractivity (Wildman–Crippen MR) is 160 cm³/mol. The fourth-order valence-corrected chi connectivity index (χ4v) is 5.82. The zero-order chi connectivity index (χ0) is 30.3. The minimum Gasteiger partial charge on any atom is -0.480 e. The third-order valence-corrected chi connectivity index (χ3v) is 8.24. The molecule has 0 aliphatic carbocycles. The van der Waals surface area contributed by atoms with Crippen molar-refractivity contribution in [3.63, 3.8) is 0 Å². The lowest BCUT2D eigenvalue weighted by molar-refractivity contribution is -0.142. The first-order chi connectivity index (χ1) is 19.4. The average Bonchev–Trinajstić information content (AvgIpc) is 3.23. The van der Waals surface area contributed by atoms with E-state index in [1.165, 1.54) is 0 Å². The number of aliphatic carboxylic acids is 1. The number of hydrogen-bond acceptors (Lipinski definition) is 4. The molecule has 5 N–H and O–H groups in total. The molecule has 1 aliphatic heterocycles. The number of fused-ring (bicyclic) bond motifs is 1. The number of aromatic amines is 1. The maximum atomic E-state index is 13.7. The SMILES string of the molecule is CCCC[C@@H](NC(=O)[C@@H](Cc1c(Cl)[nH]c2ccccc12)NC(=O)[C@@H](NC(=O)N1[C@H](C)CCC[C@@H]1C)C(C)C)C(=O)O. The number of benzene rings is 1. The second kappa shape index (κ2) is 14.6. The Morgan fingerprint density at radius 1 is 1.02 bits per heavy atom. The molecule has 10 nitrogen and oxygen atoms in total. The fourth-order valence-electron chi connectivity index (χ4n) is 5.54. The predicted octanol–water partition coefficient (Wildman–Crippen LogP) is 4.61. The molecule has 2 heterocycles. The molecule has 11 heteroatoms. The Balaban J connectivity index is 1.87. The lowest BCUT2D eigenvalue weighted by Crippen LogP contribution is -2.60. The highest BCUT2D eigenvalue weighted by molar-refractivity contribution is 6.31. The molecular weight excluding hydrogens is 546 g/mol. The van der Waals surface area contributed by atoms with Gasteiger partial charge in [0, 0.05) is 29.4 Å². The molecule has 5 atom stereocenters. The number of piperidine rings is 1. The number of carboxylic acids is 1. The average molecular weight is 590 g/mol. The number of hydrogen-bond donors (Lipinski definition) is 5. The van der Waals surface area contributed by atoms with Gasteiger partial charge in [-0.2, -0.15) is 0 Å². The van der Waals surface area contributed by atoms with Crippen LogP contribution in [0, 0.1) is 5.92 Å². The van der Waals surface area contributed by atoms with Crippen molar-refractivity contribution in [2.24, 2.45) is 5.92 Å². The van der Waals surface area contributed by atoms with Gasteiger partial charge in [-0.15, -0.1) is 0 Å². The summed E-state index contributed by atoms with van der Waals surface area (Å²) in [5.41, 5.74) is 1.41. The summed E-state index contributed by atoms with van der Waals surface area (Å²) in [6, 6.07) is 4.08. The Morgan fingerprint density at radius 3 is 2.27 bits per heavy atom. The second-order valence-electron chi connectivity index (χ2n) is 11.5. The number of rotatable bonds is 12. The molecule has 2 aromatic rings. The number of para-hydroxylation sites is 1. The van der Waals surface area contributed by atoms with Crippen molar-refractivity contribution < 1.29 is 24.3 Å². The van der Waals surface area contributed by atoms with Crippen LogP contribution in [0.4, 0.5) is 4.79 Å². The van der Waals surface area contributed by atoms with Crippen LogP contribution in [-0.4, -0.2) is 69.0 Å². The highest BCUT2D eigenvalue weighted by atomic mass is 35.5. The number of urea groups is 1. The molecule has 0 bridgehead atoms. The van der Waals surface area contributed by atoms with Crippen molar-refractivity contribution in [3.8, 4) is 0 Å². The second-order valence-corrected chi connectivity index (χ2v) is 11.9. The Morgan fingerprint density at radius 2 is 1.66 bits per heavy atom. The lowest BCUT2D eigenvalue weighted by atomic mass is 9.97. The van der Waals surface area contributed by atoms with E-state index in [0.717, 1.165) is 36.6 Å². The molecule has 0 spiro atoms. The minimum atomic E-state index is -1.14. The van der Waals surface area contributed by atoms with E-state index in [0.29, 0.717) is 17.1 Å². The molecule has 0 saturated carbocycles. The van der Waals surface area contributed by atoms with Gasteiger partial charge in [0.15, 0.2) is 0 Å². The van der Waals surface area contributed by atoms with Crippen molar-refractivity contribution in [1.82, 2.24) is 25.8 Å². The number of H-pyrrole nitrogens is 1. The smallest absolute Gasteiger partial charge is 0.326 e. The first kappa shape index (κ1) is 32.2. The van der Waals surface area contributed by atoms with Gasteiger partial charge in [0.25, 0.3) is 0 Å². The van der Waals surface area contributed by atoms with Crippen molar-refractivity contribution in [2.45, 2.75) is 110 Å². The molecule has 1 aliphatic rings. The number of likely N-dealkylation sites (tertiary alicyclic amines) is 1. The van der Waals surface area contributed by atoms with Gasteiger partial charge in [-0.1, -0.05) is 63.4 Å². The highest BCUT2D eigenvalue weighted by Gasteiger charge is 2.35. The van der Waals surface area contributed by atoms with Gasteiger partial charge < -0.3 is 30.9 Å². The van der Waals surface area contributed by atoms with Crippen molar-refractivity contribution in [2.75, 3.05) is 0 Å². The van der Waals surface area contributed by atoms with E-state index in [4.69, 9.17) is 11.6 Å².